The van der Waals surface area contributed by atoms with Crippen LogP contribution >= 0.6 is 0 Å². The Morgan fingerprint density at radius 1 is 1.27 bits per heavy atom. The highest BCUT2D eigenvalue weighted by molar-refractivity contribution is 5.37. The first-order valence-corrected chi connectivity index (χ1v) is 9.66. The lowest BCUT2D eigenvalue weighted by Gasteiger charge is -2.41. The smallest absolute Gasteiger partial charge is 0.186 e. The van der Waals surface area contributed by atoms with Crippen molar-refractivity contribution in [3.8, 4) is 0 Å². The molecule has 2 aliphatic rings. The maximum Gasteiger partial charge on any atom is 0.186 e. The lowest BCUT2D eigenvalue weighted by molar-refractivity contribution is 0.0841. The number of nitrogens with one attached hydrogen (secondary N) is 1. The third kappa shape index (κ3) is 3.32. The largest absolute Gasteiger partial charge is 0.367 e. The van der Waals surface area contributed by atoms with Gasteiger partial charge in [-0.2, -0.15) is 5.10 Å². The second-order valence-corrected chi connectivity index (χ2v) is 7.41. The zero-order valence-electron chi connectivity index (χ0n) is 15.5. The topological polar surface area (TPSA) is 58.9 Å². The summed E-state index contributed by atoms with van der Waals surface area (Å²) in [5.41, 5.74) is 1.72. The van der Waals surface area contributed by atoms with E-state index >= 15 is 0 Å². The third-order valence-electron chi connectivity index (χ3n) is 5.70. The second kappa shape index (κ2) is 7.31. The van der Waals surface area contributed by atoms with Crippen molar-refractivity contribution in [2.45, 2.75) is 51.1 Å². The van der Waals surface area contributed by atoms with Crippen LogP contribution in [0.2, 0.25) is 0 Å². The van der Waals surface area contributed by atoms with E-state index in [0.717, 1.165) is 13.0 Å². The van der Waals surface area contributed by atoms with Crippen molar-refractivity contribution in [3.63, 3.8) is 0 Å². The summed E-state index contributed by atoms with van der Waals surface area (Å²) < 4.78 is 16.4. The molecule has 1 N–H and O–H groups in total. The average molecular weight is 358 g/mol. The van der Waals surface area contributed by atoms with Crippen LogP contribution < -0.4 is 5.32 Å². The molecule has 1 saturated carbocycles. The van der Waals surface area contributed by atoms with Gasteiger partial charge in [0.1, 0.15) is 6.33 Å². The molecule has 0 unspecified atom stereocenters. The standard InChI is InChI=1S/C19H27FN6/c1-3-15-17(20)19(23-12-22-15)21-11-13-5-4-10-26(14-6-7-14)18(13)16-8-9-24-25(16)2/h8-9,12-14,18H,3-7,10-11H2,1-2H3,(H,21,22,23)/t13-,18+/m0/s1. The van der Waals surface area contributed by atoms with Crippen molar-refractivity contribution in [2.24, 2.45) is 13.0 Å². The van der Waals surface area contributed by atoms with Gasteiger partial charge in [0.2, 0.25) is 0 Å². The number of anilines is 1. The highest BCUT2D eigenvalue weighted by atomic mass is 19.1. The number of halogens is 1. The number of nitrogens with zero attached hydrogens (tertiary/aromatic N) is 5. The fourth-order valence-electron chi connectivity index (χ4n) is 4.22. The summed E-state index contributed by atoms with van der Waals surface area (Å²) in [6, 6.07) is 3.14. The van der Waals surface area contributed by atoms with Gasteiger partial charge in [0.15, 0.2) is 11.6 Å². The van der Waals surface area contributed by atoms with Gasteiger partial charge in [-0.3, -0.25) is 9.58 Å². The summed E-state index contributed by atoms with van der Waals surface area (Å²) >= 11 is 0. The number of rotatable bonds is 6. The highest BCUT2D eigenvalue weighted by Crippen LogP contribution is 2.42. The monoisotopic (exact) mass is 358 g/mol. The molecule has 2 aromatic rings. The van der Waals surface area contributed by atoms with Gasteiger partial charge in [-0.25, -0.2) is 14.4 Å². The van der Waals surface area contributed by atoms with Crippen molar-refractivity contribution in [2.75, 3.05) is 18.4 Å². The van der Waals surface area contributed by atoms with E-state index in [9.17, 15) is 4.39 Å². The molecule has 3 heterocycles. The normalized spacial score (nSPS) is 24.0. The van der Waals surface area contributed by atoms with Crippen LogP contribution in [0.1, 0.15) is 50.0 Å². The predicted molar refractivity (Wildman–Crippen MR) is 98.3 cm³/mol. The number of hydrogen-bond acceptors (Lipinski definition) is 5. The molecule has 26 heavy (non-hydrogen) atoms. The number of aryl methyl sites for hydroxylation is 2. The second-order valence-electron chi connectivity index (χ2n) is 7.41. The molecule has 2 aromatic heterocycles. The first-order valence-electron chi connectivity index (χ1n) is 9.66. The Balaban J connectivity index is 1.55. The van der Waals surface area contributed by atoms with E-state index in [1.165, 1.54) is 31.3 Å². The van der Waals surface area contributed by atoms with Crippen molar-refractivity contribution in [1.82, 2.24) is 24.6 Å². The molecular weight excluding hydrogens is 331 g/mol. The fraction of sp³-hybridized carbons (Fsp3) is 0.632. The van der Waals surface area contributed by atoms with E-state index in [1.54, 1.807) is 0 Å². The first kappa shape index (κ1) is 17.4. The molecule has 1 saturated heterocycles. The Kier molecular flexibility index (Phi) is 4.89. The third-order valence-corrected chi connectivity index (χ3v) is 5.70. The molecule has 1 aliphatic carbocycles. The minimum atomic E-state index is -0.318. The summed E-state index contributed by atoms with van der Waals surface area (Å²) in [7, 11) is 2.01. The summed E-state index contributed by atoms with van der Waals surface area (Å²) in [5, 5.41) is 7.65. The van der Waals surface area contributed by atoms with Crippen LogP contribution in [-0.4, -0.2) is 43.8 Å². The van der Waals surface area contributed by atoms with Gasteiger partial charge in [0.25, 0.3) is 0 Å². The maximum atomic E-state index is 14.5. The van der Waals surface area contributed by atoms with Crippen molar-refractivity contribution >= 4 is 5.82 Å². The Morgan fingerprint density at radius 3 is 2.81 bits per heavy atom. The van der Waals surface area contributed by atoms with Crippen molar-refractivity contribution in [3.05, 3.63) is 35.8 Å². The van der Waals surface area contributed by atoms with Gasteiger partial charge in [0.05, 0.1) is 17.4 Å². The van der Waals surface area contributed by atoms with Crippen LogP contribution in [0, 0.1) is 11.7 Å². The number of aromatic nitrogens is 4. The van der Waals surface area contributed by atoms with Crippen LogP contribution in [0.4, 0.5) is 10.2 Å². The molecule has 0 spiro atoms. The molecule has 140 valence electrons. The Hall–Kier alpha value is -2.02. The van der Waals surface area contributed by atoms with Crippen LogP contribution in [0.3, 0.4) is 0 Å². The number of piperidine rings is 1. The molecule has 1 aliphatic heterocycles. The van der Waals surface area contributed by atoms with Crippen LogP contribution in [0.15, 0.2) is 18.6 Å². The molecule has 6 nitrogen and oxygen atoms in total. The maximum absolute atomic E-state index is 14.5. The molecule has 0 radical (unpaired) electrons. The lowest BCUT2D eigenvalue weighted by Crippen LogP contribution is -2.43. The molecule has 7 heteroatoms. The Bertz CT molecular complexity index is 756. The molecule has 2 fully saturated rings. The number of likely N-dealkylation sites (tertiary alicyclic amines) is 1. The summed E-state index contributed by atoms with van der Waals surface area (Å²) in [6.45, 7) is 3.75. The molecule has 0 amide bonds. The van der Waals surface area contributed by atoms with E-state index in [2.05, 4.69) is 31.3 Å². The van der Waals surface area contributed by atoms with Crippen LogP contribution in [0.5, 0.6) is 0 Å². The van der Waals surface area contributed by atoms with Crippen molar-refractivity contribution in [1.29, 1.82) is 0 Å². The SMILES string of the molecule is CCc1ncnc(NC[C@@H]2CCCN(C3CC3)[C@H]2c2ccnn2C)c1F. The summed E-state index contributed by atoms with van der Waals surface area (Å²) in [6.07, 6.45) is 8.77. The fourth-order valence-corrected chi connectivity index (χ4v) is 4.22. The lowest BCUT2D eigenvalue weighted by atomic mass is 9.86. The van der Waals surface area contributed by atoms with Gasteiger partial charge < -0.3 is 5.32 Å². The summed E-state index contributed by atoms with van der Waals surface area (Å²) in [4.78, 5) is 10.8. The number of hydrogen-bond donors (Lipinski definition) is 1. The van der Waals surface area contributed by atoms with Gasteiger partial charge in [-0.05, 0) is 50.6 Å². The van der Waals surface area contributed by atoms with E-state index in [-0.39, 0.29) is 5.82 Å². The zero-order chi connectivity index (χ0) is 18.1. The zero-order valence-corrected chi connectivity index (χ0v) is 15.5. The minimum absolute atomic E-state index is 0.318. The molecule has 2 atom stereocenters. The van der Waals surface area contributed by atoms with E-state index in [4.69, 9.17) is 0 Å². The Labute approximate surface area is 153 Å². The molecule has 4 rings (SSSR count). The van der Waals surface area contributed by atoms with E-state index in [1.807, 2.05) is 24.9 Å². The van der Waals surface area contributed by atoms with Crippen LogP contribution in [0.25, 0.3) is 0 Å². The van der Waals surface area contributed by atoms with Gasteiger partial charge in [0, 0.05) is 25.8 Å². The predicted octanol–water partition coefficient (Wildman–Crippen LogP) is 2.94. The minimum Gasteiger partial charge on any atom is -0.367 e. The Morgan fingerprint density at radius 2 is 2.12 bits per heavy atom. The molecule has 0 aromatic carbocycles. The quantitative estimate of drug-likeness (QED) is 0.860. The average Bonchev–Trinajstić information content (AvgIpc) is 3.42. The van der Waals surface area contributed by atoms with Crippen LogP contribution in [-0.2, 0) is 13.5 Å². The molecule has 0 bridgehead atoms. The van der Waals surface area contributed by atoms with Gasteiger partial charge in [-0.15, -0.1) is 0 Å². The van der Waals surface area contributed by atoms with E-state index < -0.39 is 0 Å². The molecular formula is C19H27FN6. The van der Waals surface area contributed by atoms with E-state index in [0.29, 0.717) is 42.5 Å². The van der Waals surface area contributed by atoms with Crippen molar-refractivity contribution < 1.29 is 4.39 Å². The highest BCUT2D eigenvalue weighted by Gasteiger charge is 2.41. The van der Waals surface area contributed by atoms with Gasteiger partial charge >= 0.3 is 0 Å². The first-order chi connectivity index (χ1) is 12.7. The van der Waals surface area contributed by atoms with Gasteiger partial charge in [-0.1, -0.05) is 6.92 Å². The summed E-state index contributed by atoms with van der Waals surface area (Å²) in [5.74, 6) is 0.408.